The first kappa shape index (κ1) is 8.55. The molecule has 0 spiro atoms. The lowest BCUT2D eigenvalue weighted by atomic mass is 10.1. The summed E-state index contributed by atoms with van der Waals surface area (Å²) >= 11 is 1.17. The molecule has 0 aromatic heterocycles. The molecule has 0 amide bonds. The topological polar surface area (TPSA) is 29.3 Å². The van der Waals surface area contributed by atoms with Gasteiger partial charge in [-0.15, -0.1) is 0 Å². The molecular formula is C7H17AlN2. The van der Waals surface area contributed by atoms with Crippen LogP contribution < -0.4 is 5.73 Å². The summed E-state index contributed by atoms with van der Waals surface area (Å²) in [7, 11) is 2.18. The van der Waals surface area contributed by atoms with Crippen molar-refractivity contribution in [2.24, 2.45) is 11.7 Å². The molecule has 2 atom stereocenters. The first-order chi connectivity index (χ1) is 4.70. The predicted molar refractivity (Wildman–Crippen MR) is 46.5 cm³/mol. The van der Waals surface area contributed by atoms with Crippen LogP contribution in [0.25, 0.3) is 0 Å². The van der Waals surface area contributed by atoms with E-state index >= 15 is 0 Å². The van der Waals surface area contributed by atoms with Crippen LogP contribution in [0.4, 0.5) is 0 Å². The fourth-order valence-electron chi connectivity index (χ4n) is 1.76. The largest absolute Gasteiger partial charge is 0.393 e. The molecule has 0 bridgehead atoms. The van der Waals surface area contributed by atoms with Crippen molar-refractivity contribution in [2.45, 2.75) is 25.3 Å². The van der Waals surface area contributed by atoms with Gasteiger partial charge >= 0.3 is 16.5 Å². The van der Waals surface area contributed by atoms with Gasteiger partial charge in [-0.25, -0.2) is 0 Å². The van der Waals surface area contributed by atoms with Gasteiger partial charge in [0.05, 0.1) is 0 Å². The first-order valence-electron chi connectivity index (χ1n) is 4.10. The van der Waals surface area contributed by atoms with Gasteiger partial charge in [0.25, 0.3) is 0 Å². The molecule has 0 heterocycles. The highest BCUT2D eigenvalue weighted by Gasteiger charge is 2.23. The van der Waals surface area contributed by atoms with E-state index in [1.807, 2.05) is 0 Å². The van der Waals surface area contributed by atoms with Crippen LogP contribution in [0.1, 0.15) is 19.3 Å². The van der Waals surface area contributed by atoms with E-state index in [1.165, 1.54) is 42.3 Å². The van der Waals surface area contributed by atoms with E-state index in [0.29, 0.717) is 6.04 Å². The van der Waals surface area contributed by atoms with E-state index in [4.69, 9.17) is 5.73 Å². The van der Waals surface area contributed by atoms with Gasteiger partial charge in [0.2, 0.25) is 0 Å². The van der Waals surface area contributed by atoms with E-state index in [9.17, 15) is 0 Å². The van der Waals surface area contributed by atoms with Gasteiger partial charge < -0.3 is 9.62 Å². The van der Waals surface area contributed by atoms with Gasteiger partial charge in [-0.2, -0.15) is 0 Å². The minimum absolute atomic E-state index is 0.497. The van der Waals surface area contributed by atoms with E-state index in [0.717, 1.165) is 5.92 Å². The molecule has 1 aliphatic rings. The first-order valence-corrected chi connectivity index (χ1v) is 5.00. The Hall–Kier alpha value is 0.452. The lowest BCUT2D eigenvalue weighted by molar-refractivity contribution is 0.379. The second kappa shape index (κ2) is 3.73. The fraction of sp³-hybridized carbons (Fsp3) is 1.00. The highest BCUT2D eigenvalue weighted by Crippen LogP contribution is 2.23. The van der Waals surface area contributed by atoms with Crippen LogP contribution in [0.2, 0.25) is 0 Å². The monoisotopic (exact) mass is 156 g/mol. The second-order valence-corrected chi connectivity index (χ2v) is 5.14. The Labute approximate surface area is 71.4 Å². The molecule has 10 heavy (non-hydrogen) atoms. The lowest BCUT2D eigenvalue weighted by Gasteiger charge is -2.20. The molecule has 2 nitrogen and oxygen atoms in total. The van der Waals surface area contributed by atoms with Crippen LogP contribution in [0.5, 0.6) is 0 Å². The SMILES string of the molecule is C[N]([AlH2])CC1CCC[C@H]1N. The maximum Gasteiger partial charge on any atom is 0.321 e. The average Bonchev–Trinajstić information content (AvgIpc) is 2.15. The molecule has 3 heteroatoms. The summed E-state index contributed by atoms with van der Waals surface area (Å²) in [6.45, 7) is 1.23. The Morgan fingerprint density at radius 2 is 2.30 bits per heavy atom. The normalized spacial score (nSPS) is 33.5. The third-order valence-electron chi connectivity index (χ3n) is 2.32. The fourth-order valence-corrected chi connectivity index (χ4v) is 2.23. The summed E-state index contributed by atoms with van der Waals surface area (Å²) in [4.78, 5) is 0. The Bertz CT molecular complexity index is 106. The minimum atomic E-state index is 0.497. The van der Waals surface area contributed by atoms with Gasteiger partial charge in [-0.1, -0.05) is 6.42 Å². The number of hydrogen-bond acceptors (Lipinski definition) is 2. The third-order valence-corrected chi connectivity index (χ3v) is 2.68. The van der Waals surface area contributed by atoms with Crippen molar-refractivity contribution in [1.82, 2.24) is 3.88 Å². The second-order valence-electron chi connectivity index (χ2n) is 3.62. The van der Waals surface area contributed by atoms with Crippen LogP contribution in [-0.2, 0) is 0 Å². The Morgan fingerprint density at radius 1 is 1.60 bits per heavy atom. The molecule has 58 valence electrons. The molecule has 1 rings (SSSR count). The van der Waals surface area contributed by atoms with E-state index in [1.54, 1.807) is 0 Å². The average molecular weight is 156 g/mol. The molecular weight excluding hydrogens is 139 g/mol. The maximum absolute atomic E-state index is 5.92. The van der Waals surface area contributed by atoms with E-state index in [2.05, 4.69) is 10.9 Å². The van der Waals surface area contributed by atoms with Crippen LogP contribution in [0.15, 0.2) is 0 Å². The summed E-state index contributed by atoms with van der Waals surface area (Å²) in [5, 5.41) is 0. The molecule has 1 fully saturated rings. The molecule has 0 aromatic carbocycles. The van der Waals surface area contributed by atoms with Crippen LogP contribution in [0.3, 0.4) is 0 Å². The van der Waals surface area contributed by atoms with Gasteiger partial charge in [0.15, 0.2) is 0 Å². The number of rotatable bonds is 2. The Morgan fingerprint density at radius 3 is 2.70 bits per heavy atom. The number of hydrogen-bond donors (Lipinski definition) is 1. The van der Waals surface area contributed by atoms with E-state index < -0.39 is 0 Å². The van der Waals surface area contributed by atoms with Crippen LogP contribution in [0, 0.1) is 5.92 Å². The van der Waals surface area contributed by atoms with Crippen molar-refractivity contribution in [3.8, 4) is 0 Å². The molecule has 1 aliphatic carbocycles. The summed E-state index contributed by atoms with van der Waals surface area (Å²) < 4.78 is 2.37. The smallest absolute Gasteiger partial charge is 0.321 e. The number of nitrogens with zero attached hydrogens (tertiary/aromatic N) is 1. The highest BCUT2D eigenvalue weighted by molar-refractivity contribution is 6.04. The summed E-state index contributed by atoms with van der Waals surface area (Å²) in [6, 6.07) is 0.497. The highest BCUT2D eigenvalue weighted by atomic mass is 27.1. The predicted octanol–water partition coefficient (Wildman–Crippen LogP) is -0.406. The quantitative estimate of drug-likeness (QED) is 0.551. The standard InChI is InChI=1S/C7H15N2.Al.2H/c1-9-5-6-3-2-4-7(6)8;;;/h6-7H,2-5,8H2,1H3;;;/q-1;+1;;/t6?,7-;;;/m1.../s1. The van der Waals surface area contributed by atoms with Gasteiger partial charge in [0, 0.05) is 6.04 Å². The third kappa shape index (κ3) is 2.25. The molecule has 0 radical (unpaired) electrons. The van der Waals surface area contributed by atoms with Gasteiger partial charge in [0.1, 0.15) is 0 Å². The van der Waals surface area contributed by atoms with E-state index in [-0.39, 0.29) is 0 Å². The zero-order valence-electron chi connectivity index (χ0n) is 7.01. The van der Waals surface area contributed by atoms with Crippen molar-refractivity contribution in [3.63, 3.8) is 0 Å². The lowest BCUT2D eigenvalue weighted by Crippen LogP contribution is -2.33. The molecule has 2 N–H and O–H groups in total. The van der Waals surface area contributed by atoms with Crippen molar-refractivity contribution < 1.29 is 0 Å². The molecule has 1 unspecified atom stereocenters. The van der Waals surface area contributed by atoms with Crippen molar-refractivity contribution in [1.29, 1.82) is 0 Å². The Kier molecular flexibility index (Phi) is 3.19. The summed E-state index contributed by atoms with van der Waals surface area (Å²) in [5.41, 5.74) is 5.92. The molecule has 0 aromatic rings. The minimum Gasteiger partial charge on any atom is -0.393 e. The number of nitrogens with two attached hydrogens (primary N) is 1. The zero-order valence-corrected chi connectivity index (χ0v) is 9.01. The van der Waals surface area contributed by atoms with Gasteiger partial charge in [-0.3, -0.25) is 0 Å². The summed E-state index contributed by atoms with van der Waals surface area (Å²) in [6.07, 6.45) is 3.95. The Balaban J connectivity index is 2.26. The maximum atomic E-state index is 5.92. The zero-order chi connectivity index (χ0) is 7.56. The summed E-state index contributed by atoms with van der Waals surface area (Å²) in [5.74, 6) is 0.794. The molecule has 0 aliphatic heterocycles. The van der Waals surface area contributed by atoms with Crippen LogP contribution >= 0.6 is 0 Å². The molecule has 1 saturated carbocycles. The van der Waals surface area contributed by atoms with Gasteiger partial charge in [-0.05, 0) is 32.4 Å². The van der Waals surface area contributed by atoms with Crippen molar-refractivity contribution in [3.05, 3.63) is 0 Å². The molecule has 0 saturated heterocycles. The van der Waals surface area contributed by atoms with Crippen LogP contribution in [-0.4, -0.2) is 40.0 Å². The van der Waals surface area contributed by atoms with Crippen molar-refractivity contribution in [2.75, 3.05) is 13.6 Å². The van der Waals surface area contributed by atoms with Crippen molar-refractivity contribution >= 4 is 16.5 Å².